The van der Waals surface area contributed by atoms with Crippen molar-refractivity contribution in [3.63, 3.8) is 0 Å². The van der Waals surface area contributed by atoms with E-state index in [4.69, 9.17) is 5.73 Å². The number of hydrogen-bond acceptors (Lipinski definition) is 2. The average Bonchev–Trinajstić information content (AvgIpc) is 2.70. The van der Waals surface area contributed by atoms with Crippen molar-refractivity contribution in [3.05, 3.63) is 29.8 Å². The molecule has 1 aromatic rings. The summed E-state index contributed by atoms with van der Waals surface area (Å²) in [4.78, 5) is 12.1. The van der Waals surface area contributed by atoms with E-state index in [-0.39, 0.29) is 11.8 Å². The zero-order valence-corrected chi connectivity index (χ0v) is 11.5. The zero-order chi connectivity index (χ0) is 13.5. The zero-order valence-electron chi connectivity index (χ0n) is 11.5. The predicted octanol–water partition coefficient (Wildman–Crippen LogP) is 2.90. The fourth-order valence-electron chi connectivity index (χ4n) is 2.70. The highest BCUT2D eigenvalue weighted by Gasteiger charge is 2.19. The van der Waals surface area contributed by atoms with Gasteiger partial charge in [-0.15, -0.1) is 0 Å². The van der Waals surface area contributed by atoms with Gasteiger partial charge in [0.25, 0.3) is 0 Å². The molecule has 0 heterocycles. The quantitative estimate of drug-likeness (QED) is 0.646. The monoisotopic (exact) mass is 260 g/mol. The van der Waals surface area contributed by atoms with E-state index in [0.717, 1.165) is 31.5 Å². The second-order valence-electron chi connectivity index (χ2n) is 5.47. The lowest BCUT2D eigenvalue weighted by Gasteiger charge is -2.14. The Hall–Kier alpha value is -1.51. The molecule has 1 saturated carbocycles. The lowest BCUT2D eigenvalue weighted by atomic mass is 9.99. The second kappa shape index (κ2) is 7.17. The van der Waals surface area contributed by atoms with Crippen molar-refractivity contribution < 1.29 is 4.79 Å². The number of carbonyl (C=O) groups is 1. The Morgan fingerprint density at radius 3 is 2.37 bits per heavy atom. The smallest absolute Gasteiger partial charge is 0.223 e. The van der Waals surface area contributed by atoms with E-state index in [1.165, 1.54) is 31.2 Å². The van der Waals surface area contributed by atoms with Crippen LogP contribution in [0.2, 0.25) is 0 Å². The van der Waals surface area contributed by atoms with Crippen LogP contribution in [0, 0.1) is 5.92 Å². The minimum Gasteiger partial charge on any atom is -0.399 e. The molecule has 3 N–H and O–H groups in total. The fourth-order valence-corrected chi connectivity index (χ4v) is 2.70. The molecule has 19 heavy (non-hydrogen) atoms. The number of benzene rings is 1. The first kappa shape index (κ1) is 13.9. The van der Waals surface area contributed by atoms with Crippen molar-refractivity contribution in [2.24, 2.45) is 5.92 Å². The van der Waals surface area contributed by atoms with E-state index in [1.807, 2.05) is 24.3 Å². The van der Waals surface area contributed by atoms with Gasteiger partial charge in [-0.1, -0.05) is 37.8 Å². The highest BCUT2D eigenvalue weighted by molar-refractivity contribution is 5.78. The molecule has 1 fully saturated rings. The maximum atomic E-state index is 12.1. The fraction of sp³-hybridized carbons (Fsp3) is 0.562. The molecule has 0 bridgehead atoms. The van der Waals surface area contributed by atoms with Crippen LogP contribution in [0.3, 0.4) is 0 Å². The van der Waals surface area contributed by atoms with Crippen LogP contribution in [0.1, 0.15) is 44.1 Å². The van der Waals surface area contributed by atoms with E-state index in [1.54, 1.807) is 0 Å². The largest absolute Gasteiger partial charge is 0.399 e. The first-order valence-corrected chi connectivity index (χ1v) is 7.38. The highest BCUT2D eigenvalue weighted by atomic mass is 16.1. The van der Waals surface area contributed by atoms with Crippen LogP contribution in [0.15, 0.2) is 24.3 Å². The first-order chi connectivity index (χ1) is 9.25. The number of anilines is 1. The lowest BCUT2D eigenvalue weighted by molar-refractivity contribution is -0.125. The SMILES string of the molecule is Nc1ccc(CCNC(=O)C2CCCCCC2)cc1. The second-order valence-corrected chi connectivity index (χ2v) is 5.47. The van der Waals surface area contributed by atoms with Gasteiger partial charge in [0.15, 0.2) is 0 Å². The summed E-state index contributed by atoms with van der Waals surface area (Å²) in [6, 6.07) is 7.85. The molecule has 104 valence electrons. The average molecular weight is 260 g/mol. The van der Waals surface area contributed by atoms with E-state index in [2.05, 4.69) is 5.32 Å². The summed E-state index contributed by atoms with van der Waals surface area (Å²) >= 11 is 0. The standard InChI is InChI=1S/C16H24N2O/c17-15-9-7-13(8-10-15)11-12-18-16(19)14-5-3-1-2-4-6-14/h7-10,14H,1-6,11-12,17H2,(H,18,19). The number of hydrogen-bond donors (Lipinski definition) is 2. The summed E-state index contributed by atoms with van der Waals surface area (Å²) in [5.41, 5.74) is 7.65. The molecular formula is C16H24N2O. The first-order valence-electron chi connectivity index (χ1n) is 7.38. The Morgan fingerprint density at radius 2 is 1.74 bits per heavy atom. The van der Waals surface area contributed by atoms with Gasteiger partial charge in [-0.3, -0.25) is 4.79 Å². The molecule has 1 aliphatic rings. The van der Waals surface area contributed by atoms with Crippen molar-refractivity contribution in [3.8, 4) is 0 Å². The number of nitrogens with one attached hydrogen (secondary N) is 1. The van der Waals surface area contributed by atoms with E-state index >= 15 is 0 Å². The molecule has 3 heteroatoms. The third-order valence-electron chi connectivity index (χ3n) is 3.92. The van der Waals surface area contributed by atoms with Gasteiger partial charge in [0.05, 0.1) is 0 Å². The van der Waals surface area contributed by atoms with Crippen molar-refractivity contribution in [1.29, 1.82) is 0 Å². The minimum absolute atomic E-state index is 0.244. The van der Waals surface area contributed by atoms with E-state index in [0.29, 0.717) is 0 Å². The van der Waals surface area contributed by atoms with Crippen LogP contribution >= 0.6 is 0 Å². The third-order valence-corrected chi connectivity index (χ3v) is 3.92. The maximum absolute atomic E-state index is 12.1. The van der Waals surface area contributed by atoms with Gasteiger partial charge < -0.3 is 11.1 Å². The van der Waals surface area contributed by atoms with Crippen molar-refractivity contribution in [1.82, 2.24) is 5.32 Å². The summed E-state index contributed by atoms with van der Waals surface area (Å²) in [5.74, 6) is 0.492. The number of nitrogens with two attached hydrogens (primary N) is 1. The Labute approximate surface area is 115 Å². The van der Waals surface area contributed by atoms with Crippen molar-refractivity contribution >= 4 is 11.6 Å². The Bertz CT molecular complexity index is 392. The number of nitrogen functional groups attached to an aromatic ring is 1. The van der Waals surface area contributed by atoms with Gasteiger partial charge in [0, 0.05) is 18.2 Å². The van der Waals surface area contributed by atoms with Crippen molar-refractivity contribution in [2.75, 3.05) is 12.3 Å². The topological polar surface area (TPSA) is 55.1 Å². The van der Waals surface area contributed by atoms with Crippen molar-refractivity contribution in [2.45, 2.75) is 44.9 Å². The molecule has 3 nitrogen and oxygen atoms in total. The van der Waals surface area contributed by atoms with Crippen LogP contribution in [0.4, 0.5) is 5.69 Å². The van der Waals surface area contributed by atoms with Gasteiger partial charge >= 0.3 is 0 Å². The number of carbonyl (C=O) groups excluding carboxylic acids is 1. The van der Waals surface area contributed by atoms with Crippen LogP contribution < -0.4 is 11.1 Å². The molecule has 0 aromatic heterocycles. The van der Waals surface area contributed by atoms with Gasteiger partial charge in [-0.2, -0.15) is 0 Å². The van der Waals surface area contributed by atoms with Crippen LogP contribution in [0.5, 0.6) is 0 Å². The third kappa shape index (κ3) is 4.58. The minimum atomic E-state index is 0.244. The Morgan fingerprint density at radius 1 is 1.11 bits per heavy atom. The predicted molar refractivity (Wildman–Crippen MR) is 78.8 cm³/mol. The highest BCUT2D eigenvalue weighted by Crippen LogP contribution is 2.22. The summed E-state index contributed by atoms with van der Waals surface area (Å²) < 4.78 is 0. The molecule has 0 spiro atoms. The van der Waals surface area contributed by atoms with Gasteiger partial charge in [-0.25, -0.2) is 0 Å². The van der Waals surface area contributed by atoms with E-state index < -0.39 is 0 Å². The van der Waals surface area contributed by atoms with Crippen LogP contribution in [-0.4, -0.2) is 12.5 Å². The molecule has 0 aliphatic heterocycles. The summed E-state index contributed by atoms with van der Waals surface area (Å²) in [6.45, 7) is 0.721. The Kier molecular flexibility index (Phi) is 5.25. The molecule has 2 rings (SSSR count). The Balaban J connectivity index is 1.72. The normalized spacial score (nSPS) is 16.8. The molecule has 1 aromatic carbocycles. The van der Waals surface area contributed by atoms with E-state index in [9.17, 15) is 4.79 Å². The number of amides is 1. The molecule has 0 unspecified atom stereocenters. The van der Waals surface area contributed by atoms with Crippen LogP contribution in [0.25, 0.3) is 0 Å². The maximum Gasteiger partial charge on any atom is 0.223 e. The summed E-state index contributed by atoms with van der Waals surface area (Å²) in [6.07, 6.45) is 7.98. The summed E-state index contributed by atoms with van der Waals surface area (Å²) in [7, 11) is 0. The summed E-state index contributed by atoms with van der Waals surface area (Å²) in [5, 5.41) is 3.07. The molecule has 0 radical (unpaired) electrons. The molecule has 1 amide bonds. The van der Waals surface area contributed by atoms with Crippen LogP contribution in [-0.2, 0) is 11.2 Å². The number of rotatable bonds is 4. The van der Waals surface area contributed by atoms with Gasteiger partial charge in [-0.05, 0) is 37.0 Å². The lowest BCUT2D eigenvalue weighted by Crippen LogP contribution is -2.32. The van der Waals surface area contributed by atoms with Gasteiger partial charge in [0.1, 0.15) is 0 Å². The van der Waals surface area contributed by atoms with Gasteiger partial charge in [0.2, 0.25) is 5.91 Å². The molecule has 0 saturated heterocycles. The molecule has 0 atom stereocenters. The molecule has 1 aliphatic carbocycles. The molecular weight excluding hydrogens is 236 g/mol.